The second-order valence-corrected chi connectivity index (χ2v) is 2.42. The molecule has 1 fully saturated rings. The van der Waals surface area contributed by atoms with Gasteiger partial charge >= 0.3 is 5.37 Å². The maximum atomic E-state index is 10.5. The molecule has 10 heavy (non-hydrogen) atoms. The van der Waals surface area contributed by atoms with Crippen LogP contribution in [0.4, 0.5) is 4.79 Å². The molecular formula is C5H7ClN2O2. The minimum atomic E-state index is -0.632. The first-order chi connectivity index (χ1) is 4.68. The zero-order chi connectivity index (χ0) is 7.56. The molecule has 2 N–H and O–H groups in total. The van der Waals surface area contributed by atoms with Crippen LogP contribution < -0.4 is 10.6 Å². The van der Waals surface area contributed by atoms with Crippen LogP contribution in [-0.4, -0.2) is 17.4 Å². The molecule has 2 amide bonds. The van der Waals surface area contributed by atoms with E-state index >= 15 is 0 Å². The van der Waals surface area contributed by atoms with E-state index in [4.69, 9.17) is 11.6 Å². The topological polar surface area (TPSA) is 58.2 Å². The predicted molar refractivity (Wildman–Crippen MR) is 35.5 cm³/mol. The molecular weight excluding hydrogens is 156 g/mol. The predicted octanol–water partition coefficient (Wildman–Crippen LogP) is 0.171. The normalized spacial score (nSPS) is 24.1. The van der Waals surface area contributed by atoms with Crippen molar-refractivity contribution in [1.29, 1.82) is 0 Å². The Morgan fingerprint density at radius 2 is 2.50 bits per heavy atom. The number of nitrogens with one attached hydrogen (secondary N) is 2. The molecule has 0 saturated carbocycles. The van der Waals surface area contributed by atoms with Gasteiger partial charge in [0.2, 0.25) is 5.91 Å². The van der Waals surface area contributed by atoms with Crippen molar-refractivity contribution < 1.29 is 9.59 Å². The summed E-state index contributed by atoms with van der Waals surface area (Å²) >= 11 is 5.00. The summed E-state index contributed by atoms with van der Waals surface area (Å²) in [5.41, 5.74) is 0. The Morgan fingerprint density at radius 1 is 1.80 bits per heavy atom. The largest absolute Gasteiger partial charge is 0.336 e. The molecule has 1 atom stereocenters. The molecule has 0 radical (unpaired) electrons. The molecule has 0 aromatic heterocycles. The molecule has 1 saturated heterocycles. The molecule has 56 valence electrons. The molecule has 5 heteroatoms. The molecule has 1 aliphatic heterocycles. The van der Waals surface area contributed by atoms with Crippen molar-refractivity contribution in [2.75, 3.05) is 0 Å². The van der Waals surface area contributed by atoms with Crippen molar-refractivity contribution >= 4 is 22.9 Å². The zero-order valence-electron chi connectivity index (χ0n) is 5.19. The number of halogens is 1. The number of carbonyl (C=O) groups is 2. The average molecular weight is 163 g/mol. The van der Waals surface area contributed by atoms with E-state index in [0.29, 0.717) is 12.8 Å². The standard InChI is InChI=1S/C5H7ClN2O2/c6-5(10)8-3-1-2-4(9)7-3/h3H,1-2H2,(H,7,9)(H,8,10). The van der Waals surface area contributed by atoms with Gasteiger partial charge in [-0.1, -0.05) is 0 Å². The molecule has 0 aliphatic carbocycles. The van der Waals surface area contributed by atoms with Crippen LogP contribution in [0.1, 0.15) is 12.8 Å². The van der Waals surface area contributed by atoms with Crippen molar-refractivity contribution in [2.24, 2.45) is 0 Å². The van der Waals surface area contributed by atoms with Crippen molar-refractivity contribution in [2.45, 2.75) is 19.0 Å². The van der Waals surface area contributed by atoms with Gasteiger partial charge in [0, 0.05) is 6.42 Å². The SMILES string of the molecule is O=C(Cl)NC1CCC(=O)N1. The second-order valence-electron chi connectivity index (χ2n) is 2.08. The Morgan fingerprint density at radius 3 is 2.90 bits per heavy atom. The average Bonchev–Trinajstić information content (AvgIpc) is 2.13. The van der Waals surface area contributed by atoms with Gasteiger partial charge in [0.05, 0.1) is 0 Å². The minimum absolute atomic E-state index is 0.0459. The van der Waals surface area contributed by atoms with Crippen LogP contribution in [0.3, 0.4) is 0 Å². The number of amides is 2. The second kappa shape index (κ2) is 2.88. The van der Waals surface area contributed by atoms with Gasteiger partial charge in [-0.25, -0.2) is 0 Å². The van der Waals surface area contributed by atoms with E-state index in [0.717, 1.165) is 0 Å². The quantitative estimate of drug-likeness (QED) is 0.427. The number of hydrogen-bond donors (Lipinski definition) is 2. The molecule has 1 rings (SSSR count). The van der Waals surface area contributed by atoms with E-state index in [2.05, 4.69) is 10.6 Å². The third-order valence-electron chi connectivity index (χ3n) is 1.28. The van der Waals surface area contributed by atoms with E-state index in [1.165, 1.54) is 0 Å². The van der Waals surface area contributed by atoms with Gasteiger partial charge in [-0.05, 0) is 18.0 Å². The fraction of sp³-hybridized carbons (Fsp3) is 0.600. The minimum Gasteiger partial charge on any atom is -0.336 e. The third kappa shape index (κ3) is 1.88. The number of hydrogen-bond acceptors (Lipinski definition) is 2. The first-order valence-corrected chi connectivity index (χ1v) is 3.31. The fourth-order valence-electron chi connectivity index (χ4n) is 0.859. The van der Waals surface area contributed by atoms with Crippen LogP contribution >= 0.6 is 11.6 Å². The Labute approximate surface area is 62.9 Å². The van der Waals surface area contributed by atoms with Crippen LogP contribution in [0.2, 0.25) is 0 Å². The first-order valence-electron chi connectivity index (χ1n) is 2.94. The molecule has 1 aliphatic rings. The summed E-state index contributed by atoms with van der Waals surface area (Å²) in [4.78, 5) is 20.7. The first kappa shape index (κ1) is 7.34. The van der Waals surface area contributed by atoms with Gasteiger partial charge in [0.1, 0.15) is 6.17 Å². The zero-order valence-corrected chi connectivity index (χ0v) is 5.94. The summed E-state index contributed by atoms with van der Waals surface area (Å²) in [6.07, 6.45) is 0.816. The maximum Gasteiger partial charge on any atom is 0.315 e. The van der Waals surface area contributed by atoms with Crippen molar-refractivity contribution in [3.05, 3.63) is 0 Å². The lowest BCUT2D eigenvalue weighted by molar-refractivity contribution is -0.119. The monoisotopic (exact) mass is 162 g/mol. The summed E-state index contributed by atoms with van der Waals surface area (Å²) in [6.45, 7) is 0. The lowest BCUT2D eigenvalue weighted by Gasteiger charge is -2.07. The van der Waals surface area contributed by atoms with E-state index in [9.17, 15) is 9.59 Å². The molecule has 0 aromatic carbocycles. The van der Waals surface area contributed by atoms with E-state index < -0.39 is 5.37 Å². The highest BCUT2D eigenvalue weighted by atomic mass is 35.5. The van der Waals surface area contributed by atoms with E-state index in [-0.39, 0.29) is 12.1 Å². The highest BCUT2D eigenvalue weighted by Crippen LogP contribution is 2.03. The molecule has 1 heterocycles. The Balaban J connectivity index is 2.31. The molecule has 0 spiro atoms. The Bertz CT molecular complexity index is 171. The highest BCUT2D eigenvalue weighted by molar-refractivity contribution is 6.63. The van der Waals surface area contributed by atoms with Crippen LogP contribution in [0.5, 0.6) is 0 Å². The van der Waals surface area contributed by atoms with Crippen LogP contribution in [0, 0.1) is 0 Å². The molecule has 0 aromatic rings. The summed E-state index contributed by atoms with van der Waals surface area (Å²) < 4.78 is 0. The third-order valence-corrected chi connectivity index (χ3v) is 1.39. The highest BCUT2D eigenvalue weighted by Gasteiger charge is 2.20. The smallest absolute Gasteiger partial charge is 0.315 e. The van der Waals surface area contributed by atoms with Gasteiger partial charge in [-0.2, -0.15) is 0 Å². The van der Waals surface area contributed by atoms with Crippen molar-refractivity contribution in [1.82, 2.24) is 10.6 Å². The summed E-state index contributed by atoms with van der Waals surface area (Å²) in [5.74, 6) is -0.0459. The van der Waals surface area contributed by atoms with E-state index in [1.54, 1.807) is 0 Å². The van der Waals surface area contributed by atoms with Crippen LogP contribution in [0.25, 0.3) is 0 Å². The van der Waals surface area contributed by atoms with Crippen LogP contribution in [0.15, 0.2) is 0 Å². The molecule has 0 bridgehead atoms. The van der Waals surface area contributed by atoms with Crippen LogP contribution in [-0.2, 0) is 4.79 Å². The number of rotatable bonds is 1. The van der Waals surface area contributed by atoms with Gasteiger partial charge in [-0.15, -0.1) is 0 Å². The summed E-state index contributed by atoms with van der Waals surface area (Å²) in [6, 6.07) is 0. The number of carbonyl (C=O) groups excluding carboxylic acids is 2. The Kier molecular flexibility index (Phi) is 2.11. The van der Waals surface area contributed by atoms with Gasteiger partial charge in [0.25, 0.3) is 0 Å². The molecule has 1 unspecified atom stereocenters. The van der Waals surface area contributed by atoms with Gasteiger partial charge in [-0.3, -0.25) is 9.59 Å². The fourth-order valence-corrected chi connectivity index (χ4v) is 0.991. The van der Waals surface area contributed by atoms with Gasteiger partial charge < -0.3 is 10.6 Å². The lowest BCUT2D eigenvalue weighted by Crippen LogP contribution is -2.40. The Hall–Kier alpha value is -0.770. The lowest BCUT2D eigenvalue weighted by atomic mass is 10.3. The summed E-state index contributed by atoms with van der Waals surface area (Å²) in [7, 11) is 0. The van der Waals surface area contributed by atoms with E-state index in [1.807, 2.05) is 0 Å². The van der Waals surface area contributed by atoms with Crippen molar-refractivity contribution in [3.63, 3.8) is 0 Å². The van der Waals surface area contributed by atoms with Crippen molar-refractivity contribution in [3.8, 4) is 0 Å². The molecule has 4 nitrogen and oxygen atoms in total. The maximum absolute atomic E-state index is 10.5. The summed E-state index contributed by atoms with van der Waals surface area (Å²) in [5, 5.41) is 4.26. The van der Waals surface area contributed by atoms with Gasteiger partial charge in [0.15, 0.2) is 0 Å².